The molecule has 1 N–H and O–H groups in total. The Hall–Kier alpha value is -2.44. The van der Waals surface area contributed by atoms with E-state index in [0.29, 0.717) is 34.7 Å². The molecular formula is C22H22ClN3O2S. The molecule has 0 aliphatic heterocycles. The summed E-state index contributed by atoms with van der Waals surface area (Å²) in [5.74, 6) is 1.16. The number of carbonyl (C=O) groups excluding carboxylic acids is 1. The molecule has 1 aliphatic carbocycles. The lowest BCUT2D eigenvalue weighted by atomic mass is 10.2. The quantitative estimate of drug-likeness (QED) is 0.470. The van der Waals surface area contributed by atoms with Gasteiger partial charge >= 0.3 is 0 Å². The topological polar surface area (TPSA) is 56.1 Å². The Bertz CT molecular complexity index is 1000. The summed E-state index contributed by atoms with van der Waals surface area (Å²) >= 11 is 7.64. The van der Waals surface area contributed by atoms with Crippen LogP contribution in [0.3, 0.4) is 0 Å². The van der Waals surface area contributed by atoms with Crippen molar-refractivity contribution in [1.29, 1.82) is 0 Å². The normalized spacial score (nSPS) is 13.3. The van der Waals surface area contributed by atoms with Crippen LogP contribution in [0.15, 0.2) is 59.9 Å². The van der Waals surface area contributed by atoms with E-state index >= 15 is 0 Å². The lowest BCUT2D eigenvalue weighted by molar-refractivity contribution is -0.115. The molecule has 1 aromatic heterocycles. The van der Waals surface area contributed by atoms with Crippen molar-refractivity contribution in [2.45, 2.75) is 30.5 Å². The minimum atomic E-state index is -0.0779. The molecule has 5 nitrogen and oxygen atoms in total. The van der Waals surface area contributed by atoms with E-state index in [9.17, 15) is 4.79 Å². The van der Waals surface area contributed by atoms with Crippen LogP contribution in [0, 0.1) is 0 Å². The number of carbonyl (C=O) groups is 1. The van der Waals surface area contributed by atoms with E-state index in [1.54, 1.807) is 37.1 Å². The standard InChI is InChI=1S/C22H22ClN3O2S/c1-28-20-10-7-16(23)13-18(20)25-21(27)11-12-29-22-24-14-19(26(22)17-8-9-17)15-5-3-2-4-6-15/h2-7,10,13-14,17H,8-9,11-12H2,1H3,(H,25,27). The van der Waals surface area contributed by atoms with E-state index in [1.165, 1.54) is 18.4 Å². The number of ether oxygens (including phenoxy) is 1. The molecule has 1 fully saturated rings. The van der Waals surface area contributed by atoms with E-state index in [1.807, 2.05) is 24.4 Å². The van der Waals surface area contributed by atoms with Crippen LogP contribution in [-0.2, 0) is 4.79 Å². The summed E-state index contributed by atoms with van der Waals surface area (Å²) in [6.07, 6.45) is 4.67. The Kier molecular flexibility index (Phi) is 6.11. The van der Waals surface area contributed by atoms with Gasteiger partial charge in [-0.15, -0.1) is 0 Å². The maximum atomic E-state index is 12.4. The van der Waals surface area contributed by atoms with Crippen LogP contribution in [0.1, 0.15) is 25.3 Å². The molecule has 1 heterocycles. The molecule has 0 bridgehead atoms. The van der Waals surface area contributed by atoms with Crippen molar-refractivity contribution in [1.82, 2.24) is 9.55 Å². The molecule has 0 unspecified atom stereocenters. The number of imidazole rings is 1. The molecule has 29 heavy (non-hydrogen) atoms. The van der Waals surface area contributed by atoms with Crippen molar-refractivity contribution in [2.75, 3.05) is 18.2 Å². The number of hydrogen-bond donors (Lipinski definition) is 1. The van der Waals surface area contributed by atoms with Gasteiger partial charge in [0.1, 0.15) is 5.75 Å². The Morgan fingerprint density at radius 2 is 2.07 bits per heavy atom. The second-order valence-electron chi connectivity index (χ2n) is 6.88. The summed E-state index contributed by atoms with van der Waals surface area (Å²) in [6.45, 7) is 0. The molecule has 1 saturated carbocycles. The number of thioether (sulfide) groups is 1. The van der Waals surface area contributed by atoms with Crippen molar-refractivity contribution in [3.8, 4) is 17.0 Å². The Morgan fingerprint density at radius 1 is 1.28 bits per heavy atom. The summed E-state index contributed by atoms with van der Waals surface area (Å²) in [5, 5.41) is 4.40. The van der Waals surface area contributed by atoms with E-state index in [-0.39, 0.29) is 5.91 Å². The number of nitrogens with one attached hydrogen (secondary N) is 1. The molecule has 0 spiro atoms. The number of halogens is 1. The van der Waals surface area contributed by atoms with Gasteiger partial charge in [0.15, 0.2) is 5.16 Å². The van der Waals surface area contributed by atoms with Crippen LogP contribution >= 0.6 is 23.4 Å². The Balaban J connectivity index is 1.39. The maximum Gasteiger partial charge on any atom is 0.225 e. The van der Waals surface area contributed by atoms with Crippen LogP contribution in [0.2, 0.25) is 5.02 Å². The largest absolute Gasteiger partial charge is 0.495 e. The molecule has 0 saturated heterocycles. The van der Waals surface area contributed by atoms with E-state index in [2.05, 4.69) is 27.0 Å². The first-order chi connectivity index (χ1) is 14.2. The van der Waals surface area contributed by atoms with Gasteiger partial charge in [-0.3, -0.25) is 4.79 Å². The highest BCUT2D eigenvalue weighted by Gasteiger charge is 2.29. The second kappa shape index (κ2) is 8.93. The lowest BCUT2D eigenvalue weighted by Gasteiger charge is -2.12. The maximum absolute atomic E-state index is 12.4. The highest BCUT2D eigenvalue weighted by Crippen LogP contribution is 2.42. The van der Waals surface area contributed by atoms with Crippen molar-refractivity contribution < 1.29 is 9.53 Å². The van der Waals surface area contributed by atoms with Gasteiger partial charge in [0.2, 0.25) is 5.91 Å². The highest BCUT2D eigenvalue weighted by molar-refractivity contribution is 7.99. The number of anilines is 1. The number of benzene rings is 2. The third-order valence-corrected chi connectivity index (χ3v) is 5.94. The predicted molar refractivity (Wildman–Crippen MR) is 118 cm³/mol. The highest BCUT2D eigenvalue weighted by atomic mass is 35.5. The summed E-state index contributed by atoms with van der Waals surface area (Å²) in [5.41, 5.74) is 2.90. The zero-order chi connectivity index (χ0) is 20.2. The molecule has 150 valence electrons. The number of nitrogens with zero attached hydrogens (tertiary/aromatic N) is 2. The Labute approximate surface area is 179 Å². The molecular weight excluding hydrogens is 406 g/mol. The molecule has 0 atom stereocenters. The van der Waals surface area contributed by atoms with Gasteiger partial charge in [-0.1, -0.05) is 53.7 Å². The van der Waals surface area contributed by atoms with Gasteiger partial charge in [0.05, 0.1) is 24.7 Å². The number of hydrogen-bond acceptors (Lipinski definition) is 4. The minimum absolute atomic E-state index is 0.0779. The van der Waals surface area contributed by atoms with Crippen molar-refractivity contribution in [2.24, 2.45) is 0 Å². The molecule has 2 aromatic carbocycles. The molecule has 3 aromatic rings. The van der Waals surface area contributed by atoms with Crippen molar-refractivity contribution in [3.05, 3.63) is 59.8 Å². The summed E-state index contributed by atoms with van der Waals surface area (Å²) in [7, 11) is 1.57. The van der Waals surface area contributed by atoms with Gasteiger partial charge in [-0.05, 0) is 36.6 Å². The average molecular weight is 428 g/mol. The van der Waals surface area contributed by atoms with Gasteiger partial charge in [0, 0.05) is 23.2 Å². The monoisotopic (exact) mass is 427 g/mol. The summed E-state index contributed by atoms with van der Waals surface area (Å²) in [6, 6.07) is 16.0. The van der Waals surface area contributed by atoms with Gasteiger partial charge in [0.25, 0.3) is 0 Å². The van der Waals surface area contributed by atoms with E-state index < -0.39 is 0 Å². The Morgan fingerprint density at radius 3 is 2.79 bits per heavy atom. The zero-order valence-corrected chi connectivity index (χ0v) is 17.7. The van der Waals surface area contributed by atoms with Crippen LogP contribution in [0.5, 0.6) is 5.75 Å². The summed E-state index contributed by atoms with van der Waals surface area (Å²) < 4.78 is 7.59. The van der Waals surface area contributed by atoms with Gasteiger partial charge < -0.3 is 14.6 Å². The number of amides is 1. The second-order valence-corrected chi connectivity index (χ2v) is 8.38. The molecule has 4 rings (SSSR count). The molecule has 1 amide bonds. The fourth-order valence-corrected chi connectivity index (χ4v) is 4.34. The number of methoxy groups -OCH3 is 1. The molecule has 0 radical (unpaired) electrons. The average Bonchev–Trinajstić information content (AvgIpc) is 3.48. The number of aromatic nitrogens is 2. The van der Waals surface area contributed by atoms with Crippen molar-refractivity contribution in [3.63, 3.8) is 0 Å². The van der Waals surface area contributed by atoms with E-state index in [4.69, 9.17) is 16.3 Å². The fraction of sp³-hybridized carbons (Fsp3) is 0.273. The van der Waals surface area contributed by atoms with Crippen LogP contribution in [-0.4, -0.2) is 28.3 Å². The molecule has 1 aliphatic rings. The van der Waals surface area contributed by atoms with Crippen LogP contribution in [0.4, 0.5) is 5.69 Å². The zero-order valence-electron chi connectivity index (χ0n) is 16.1. The number of rotatable bonds is 8. The summed E-state index contributed by atoms with van der Waals surface area (Å²) in [4.78, 5) is 17.0. The minimum Gasteiger partial charge on any atom is -0.495 e. The smallest absolute Gasteiger partial charge is 0.225 e. The fourth-order valence-electron chi connectivity index (χ4n) is 3.18. The van der Waals surface area contributed by atoms with Gasteiger partial charge in [-0.25, -0.2) is 4.98 Å². The first-order valence-electron chi connectivity index (χ1n) is 9.54. The van der Waals surface area contributed by atoms with E-state index in [0.717, 1.165) is 10.9 Å². The van der Waals surface area contributed by atoms with Gasteiger partial charge in [-0.2, -0.15) is 0 Å². The van der Waals surface area contributed by atoms with Crippen LogP contribution < -0.4 is 10.1 Å². The third kappa shape index (κ3) is 4.77. The third-order valence-electron chi connectivity index (χ3n) is 4.74. The van der Waals surface area contributed by atoms with Crippen molar-refractivity contribution >= 4 is 35.0 Å². The van der Waals surface area contributed by atoms with Crippen LogP contribution in [0.25, 0.3) is 11.3 Å². The first-order valence-corrected chi connectivity index (χ1v) is 10.9. The predicted octanol–water partition coefficient (Wildman–Crippen LogP) is 5.67. The first kappa shape index (κ1) is 19.9. The molecule has 7 heteroatoms. The lowest BCUT2D eigenvalue weighted by Crippen LogP contribution is -2.13. The SMILES string of the molecule is COc1ccc(Cl)cc1NC(=O)CCSc1ncc(-c2ccccc2)n1C1CC1.